The lowest BCUT2D eigenvalue weighted by Gasteiger charge is -2.33. The number of carbonyl (C=O) groups is 1. The van der Waals surface area contributed by atoms with Crippen molar-refractivity contribution in [1.82, 2.24) is 19.6 Å². The maximum atomic E-state index is 12.6. The summed E-state index contributed by atoms with van der Waals surface area (Å²) in [5, 5.41) is 4.98. The predicted octanol–water partition coefficient (Wildman–Crippen LogP) is 2.43. The molecular formula is C17H18N4O2. The van der Waals surface area contributed by atoms with E-state index in [1.165, 1.54) is 0 Å². The average molecular weight is 310 g/mol. The van der Waals surface area contributed by atoms with Crippen LogP contribution in [0.4, 0.5) is 0 Å². The maximum absolute atomic E-state index is 12.6. The first-order chi connectivity index (χ1) is 11.3. The number of hydrogen-bond acceptors (Lipinski definition) is 4. The normalized spacial score (nSPS) is 18.4. The fourth-order valence-electron chi connectivity index (χ4n) is 3.23. The van der Waals surface area contributed by atoms with Gasteiger partial charge in [-0.1, -0.05) is 17.3 Å². The lowest BCUT2D eigenvalue weighted by atomic mass is 10.0. The number of rotatable bonds is 3. The highest BCUT2D eigenvalue weighted by Gasteiger charge is 2.25. The Morgan fingerprint density at radius 1 is 1.35 bits per heavy atom. The van der Waals surface area contributed by atoms with Gasteiger partial charge in [-0.05, 0) is 25.0 Å². The van der Waals surface area contributed by atoms with Crippen molar-refractivity contribution in [3.05, 3.63) is 48.7 Å². The molecule has 6 heteroatoms. The molecule has 1 aliphatic heterocycles. The molecule has 3 heterocycles. The molecule has 0 bridgehead atoms. The van der Waals surface area contributed by atoms with Gasteiger partial charge in [0.05, 0.1) is 18.8 Å². The van der Waals surface area contributed by atoms with Gasteiger partial charge in [0.2, 0.25) is 5.91 Å². The molecular weight excluding hydrogens is 292 g/mol. The van der Waals surface area contributed by atoms with Gasteiger partial charge in [-0.15, -0.1) is 0 Å². The topological polar surface area (TPSA) is 64.2 Å². The van der Waals surface area contributed by atoms with Crippen LogP contribution in [0, 0.1) is 0 Å². The smallest absolute Gasteiger partial charge is 0.228 e. The zero-order chi connectivity index (χ0) is 15.6. The number of benzene rings is 1. The first-order valence-corrected chi connectivity index (χ1v) is 7.90. The summed E-state index contributed by atoms with van der Waals surface area (Å²) in [6.07, 6.45) is 7.94. The molecule has 1 amide bonds. The van der Waals surface area contributed by atoms with Crippen molar-refractivity contribution in [3.8, 4) is 0 Å². The van der Waals surface area contributed by atoms with E-state index in [1.54, 1.807) is 6.20 Å². The number of imidazole rings is 1. The number of carbonyl (C=O) groups excluding carboxylic acids is 1. The van der Waals surface area contributed by atoms with Crippen molar-refractivity contribution in [1.29, 1.82) is 0 Å². The van der Waals surface area contributed by atoms with Crippen LogP contribution in [0.15, 0.2) is 47.5 Å². The van der Waals surface area contributed by atoms with E-state index in [1.807, 2.05) is 41.7 Å². The van der Waals surface area contributed by atoms with Crippen molar-refractivity contribution < 1.29 is 9.32 Å². The third-order valence-electron chi connectivity index (χ3n) is 4.47. The van der Waals surface area contributed by atoms with E-state index in [0.29, 0.717) is 6.04 Å². The Hall–Kier alpha value is -2.63. The lowest BCUT2D eigenvalue weighted by Crippen LogP contribution is -2.41. The van der Waals surface area contributed by atoms with Gasteiger partial charge in [0, 0.05) is 30.9 Å². The molecule has 2 aromatic heterocycles. The highest BCUT2D eigenvalue weighted by Crippen LogP contribution is 2.23. The molecule has 1 aliphatic rings. The van der Waals surface area contributed by atoms with Crippen molar-refractivity contribution in [2.75, 3.05) is 13.1 Å². The minimum absolute atomic E-state index is 0.105. The van der Waals surface area contributed by atoms with E-state index in [2.05, 4.69) is 14.7 Å². The monoisotopic (exact) mass is 310 g/mol. The summed E-state index contributed by atoms with van der Waals surface area (Å²) in [7, 11) is 0. The fourth-order valence-corrected chi connectivity index (χ4v) is 3.23. The molecule has 0 radical (unpaired) electrons. The third-order valence-corrected chi connectivity index (χ3v) is 4.47. The molecule has 0 saturated carbocycles. The minimum Gasteiger partial charge on any atom is -0.356 e. The Labute approximate surface area is 133 Å². The minimum atomic E-state index is 0.105. The summed E-state index contributed by atoms with van der Waals surface area (Å²) in [6, 6.07) is 7.96. The van der Waals surface area contributed by atoms with Gasteiger partial charge in [0.1, 0.15) is 5.69 Å². The largest absolute Gasteiger partial charge is 0.356 e. The Balaban J connectivity index is 1.48. The van der Waals surface area contributed by atoms with E-state index >= 15 is 0 Å². The first-order valence-electron chi connectivity index (χ1n) is 7.90. The van der Waals surface area contributed by atoms with Gasteiger partial charge in [0.15, 0.2) is 5.58 Å². The molecule has 1 atom stereocenters. The van der Waals surface area contributed by atoms with Crippen molar-refractivity contribution >= 4 is 16.9 Å². The zero-order valence-corrected chi connectivity index (χ0v) is 12.8. The third kappa shape index (κ3) is 2.72. The maximum Gasteiger partial charge on any atom is 0.228 e. The second kappa shape index (κ2) is 5.87. The molecule has 1 aromatic carbocycles. The number of amides is 1. The van der Waals surface area contributed by atoms with Crippen LogP contribution in [-0.4, -0.2) is 38.6 Å². The Morgan fingerprint density at radius 3 is 3.13 bits per heavy atom. The highest BCUT2D eigenvalue weighted by atomic mass is 16.5. The number of fused-ring (bicyclic) bond motifs is 1. The average Bonchev–Trinajstić information content (AvgIpc) is 3.25. The van der Waals surface area contributed by atoms with E-state index in [9.17, 15) is 4.79 Å². The van der Waals surface area contributed by atoms with Gasteiger partial charge in [-0.3, -0.25) is 4.79 Å². The Morgan fingerprint density at radius 2 is 2.26 bits per heavy atom. The van der Waals surface area contributed by atoms with Crippen LogP contribution in [-0.2, 0) is 11.2 Å². The van der Waals surface area contributed by atoms with Gasteiger partial charge < -0.3 is 14.0 Å². The molecule has 1 saturated heterocycles. The van der Waals surface area contributed by atoms with Crippen molar-refractivity contribution in [2.24, 2.45) is 0 Å². The van der Waals surface area contributed by atoms with Gasteiger partial charge in [-0.2, -0.15) is 0 Å². The van der Waals surface area contributed by atoms with Crippen LogP contribution in [0.2, 0.25) is 0 Å². The predicted molar refractivity (Wildman–Crippen MR) is 84.8 cm³/mol. The summed E-state index contributed by atoms with van der Waals surface area (Å²) in [5.74, 6) is 0.105. The van der Waals surface area contributed by atoms with Crippen LogP contribution in [0.1, 0.15) is 24.6 Å². The molecule has 4 rings (SSSR count). The van der Waals surface area contributed by atoms with Crippen LogP contribution in [0.5, 0.6) is 0 Å². The molecule has 6 nitrogen and oxygen atoms in total. The summed E-state index contributed by atoms with van der Waals surface area (Å²) < 4.78 is 7.37. The number of nitrogens with zero attached hydrogens (tertiary/aromatic N) is 4. The van der Waals surface area contributed by atoms with Gasteiger partial charge in [-0.25, -0.2) is 4.98 Å². The van der Waals surface area contributed by atoms with E-state index in [0.717, 1.165) is 42.6 Å². The SMILES string of the molecule is O=C(Cc1noc2ccccc12)N1CCCC(n2ccnc2)C1. The quantitative estimate of drug-likeness (QED) is 0.745. The number of piperidine rings is 1. The summed E-state index contributed by atoms with van der Waals surface area (Å²) in [4.78, 5) is 18.7. The highest BCUT2D eigenvalue weighted by molar-refractivity contribution is 5.86. The fraction of sp³-hybridized carbons (Fsp3) is 0.353. The van der Waals surface area contributed by atoms with Crippen LogP contribution >= 0.6 is 0 Å². The Bertz CT molecular complexity index is 809. The van der Waals surface area contributed by atoms with E-state index < -0.39 is 0 Å². The summed E-state index contributed by atoms with van der Waals surface area (Å²) in [6.45, 7) is 1.53. The van der Waals surface area contributed by atoms with E-state index in [-0.39, 0.29) is 12.3 Å². The van der Waals surface area contributed by atoms with Crippen molar-refractivity contribution in [3.63, 3.8) is 0 Å². The molecule has 23 heavy (non-hydrogen) atoms. The number of likely N-dealkylation sites (tertiary alicyclic amines) is 1. The van der Waals surface area contributed by atoms with Crippen LogP contribution < -0.4 is 0 Å². The molecule has 0 spiro atoms. The molecule has 1 fully saturated rings. The summed E-state index contributed by atoms with van der Waals surface area (Å²) >= 11 is 0. The van der Waals surface area contributed by atoms with Gasteiger partial charge >= 0.3 is 0 Å². The summed E-state index contributed by atoms with van der Waals surface area (Å²) in [5.41, 5.74) is 1.44. The number of aromatic nitrogens is 3. The molecule has 1 unspecified atom stereocenters. The van der Waals surface area contributed by atoms with Crippen LogP contribution in [0.3, 0.4) is 0 Å². The van der Waals surface area contributed by atoms with Gasteiger partial charge in [0.25, 0.3) is 0 Å². The standard InChI is InChI=1S/C17H18N4O2/c22-17(10-15-14-5-1-2-6-16(14)23-19-15)20-8-3-4-13(11-20)21-9-7-18-12-21/h1-2,5-7,9,12-13H,3-4,8,10-11H2. The molecule has 0 aliphatic carbocycles. The molecule has 118 valence electrons. The number of hydrogen-bond donors (Lipinski definition) is 0. The second-order valence-corrected chi connectivity index (χ2v) is 5.95. The van der Waals surface area contributed by atoms with Crippen LogP contribution in [0.25, 0.3) is 11.0 Å². The van der Waals surface area contributed by atoms with Crippen molar-refractivity contribution in [2.45, 2.75) is 25.3 Å². The lowest BCUT2D eigenvalue weighted by molar-refractivity contribution is -0.132. The second-order valence-electron chi connectivity index (χ2n) is 5.95. The Kier molecular flexibility index (Phi) is 3.57. The number of para-hydroxylation sites is 1. The van der Waals surface area contributed by atoms with E-state index in [4.69, 9.17) is 4.52 Å². The molecule has 0 N–H and O–H groups in total. The first kappa shape index (κ1) is 14.0. The zero-order valence-electron chi connectivity index (χ0n) is 12.8. The molecule has 3 aromatic rings.